The van der Waals surface area contributed by atoms with E-state index in [0.29, 0.717) is 29.6 Å². The summed E-state index contributed by atoms with van der Waals surface area (Å²) in [5.41, 5.74) is -4.39. The molecule has 0 aliphatic rings. The maximum absolute atomic E-state index is 12.4. The molecule has 0 bridgehead atoms. The summed E-state index contributed by atoms with van der Waals surface area (Å²) in [6.07, 6.45) is 3.00. The summed E-state index contributed by atoms with van der Waals surface area (Å²) in [5, 5.41) is 3.04. The maximum Gasteiger partial charge on any atom is 0.534 e. The summed E-state index contributed by atoms with van der Waals surface area (Å²) in [5.74, 6) is -0.750. The van der Waals surface area contributed by atoms with Gasteiger partial charge < -0.3 is 14.1 Å². The molecule has 0 radical (unpaired) electrons. The number of carbonyl (C=O) groups is 1. The van der Waals surface area contributed by atoms with Crippen LogP contribution < -0.4 is 9.50 Å². The zero-order chi connectivity index (χ0) is 18.1. The van der Waals surface area contributed by atoms with Crippen LogP contribution in [0.2, 0.25) is 0 Å². The normalized spacial score (nSPS) is 12.4. The molecule has 0 saturated heterocycles. The summed E-state index contributed by atoms with van der Waals surface area (Å²) < 4.78 is 65.0. The van der Waals surface area contributed by atoms with Crippen LogP contribution in [0.15, 0.2) is 18.5 Å². The zero-order valence-electron chi connectivity index (χ0n) is 12.7. The lowest BCUT2D eigenvalue weighted by Gasteiger charge is -2.09. The Bertz CT molecular complexity index is 874. The van der Waals surface area contributed by atoms with Gasteiger partial charge >= 0.3 is 15.6 Å². The lowest BCUT2D eigenvalue weighted by molar-refractivity contribution is -0.118. The van der Waals surface area contributed by atoms with E-state index >= 15 is 0 Å². The van der Waals surface area contributed by atoms with E-state index < -0.39 is 21.4 Å². The molecule has 1 N–H and O–H groups in total. The quantitative estimate of drug-likeness (QED) is 0.640. The fourth-order valence-electron chi connectivity index (χ4n) is 2.11. The Morgan fingerprint density at radius 1 is 1.42 bits per heavy atom. The second-order valence-corrected chi connectivity index (χ2v) is 6.56. The zero-order valence-corrected chi connectivity index (χ0v) is 13.5. The molecular formula is C13H14F3N3O4S. The first kappa shape index (κ1) is 18.0. The summed E-state index contributed by atoms with van der Waals surface area (Å²) in [7, 11) is -4.07. The summed E-state index contributed by atoms with van der Waals surface area (Å²) in [6.45, 7) is 1.68. The number of halogens is 3. The second-order valence-electron chi connectivity index (χ2n) is 5.02. The third-order valence-corrected chi connectivity index (χ3v) is 4.11. The lowest BCUT2D eigenvalue weighted by Crippen LogP contribution is -2.28. The van der Waals surface area contributed by atoms with E-state index in [0.717, 1.165) is 6.20 Å². The van der Waals surface area contributed by atoms with Crippen LogP contribution in [0.25, 0.3) is 11.0 Å². The number of nitrogens with one attached hydrogen (secondary N) is 1. The van der Waals surface area contributed by atoms with Crippen LogP contribution in [-0.2, 0) is 28.4 Å². The van der Waals surface area contributed by atoms with E-state index in [2.05, 4.69) is 14.5 Å². The van der Waals surface area contributed by atoms with Gasteiger partial charge in [-0.15, -0.1) is 0 Å². The molecule has 0 aromatic carbocycles. The van der Waals surface area contributed by atoms with Crippen molar-refractivity contribution >= 4 is 27.1 Å². The number of aryl methyl sites for hydroxylation is 1. The average molecular weight is 365 g/mol. The molecule has 24 heavy (non-hydrogen) atoms. The standard InChI is InChI=1S/C13H14F3N3O4S/c1-8(20)17-4-3-9-7-19(2)12-11(9)5-10(6-18-12)23-24(21,22)13(14,15)16/h5-7H,3-4H2,1-2H3,(H,17,20). The molecule has 7 nitrogen and oxygen atoms in total. The predicted octanol–water partition coefficient (Wildman–Crippen LogP) is 1.48. The lowest BCUT2D eigenvalue weighted by atomic mass is 10.1. The molecule has 0 aliphatic carbocycles. The van der Waals surface area contributed by atoms with Gasteiger partial charge in [-0.25, -0.2) is 4.98 Å². The van der Waals surface area contributed by atoms with E-state index in [1.807, 2.05) is 0 Å². The fraction of sp³-hybridized carbons (Fsp3) is 0.385. The van der Waals surface area contributed by atoms with Crippen molar-refractivity contribution in [3.8, 4) is 5.75 Å². The van der Waals surface area contributed by atoms with Gasteiger partial charge in [0.05, 0.1) is 6.20 Å². The number of aromatic nitrogens is 2. The Labute approximate surface area is 135 Å². The van der Waals surface area contributed by atoms with Crippen molar-refractivity contribution in [2.75, 3.05) is 6.54 Å². The molecule has 0 unspecified atom stereocenters. The van der Waals surface area contributed by atoms with Gasteiger partial charge in [-0.3, -0.25) is 4.79 Å². The highest BCUT2D eigenvalue weighted by Crippen LogP contribution is 2.29. The van der Waals surface area contributed by atoms with E-state index in [4.69, 9.17) is 0 Å². The molecular weight excluding hydrogens is 351 g/mol. The number of nitrogens with zero attached hydrogens (tertiary/aromatic N) is 2. The SMILES string of the molecule is CC(=O)NCCc1cn(C)c2ncc(OS(=O)(=O)C(F)(F)F)cc12. The number of hydrogen-bond donors (Lipinski definition) is 1. The molecule has 0 saturated carbocycles. The van der Waals surface area contributed by atoms with Gasteiger partial charge in [-0.1, -0.05) is 0 Å². The highest BCUT2D eigenvalue weighted by Gasteiger charge is 2.48. The van der Waals surface area contributed by atoms with E-state index in [1.165, 1.54) is 13.0 Å². The Balaban J connectivity index is 2.34. The minimum atomic E-state index is -5.76. The molecule has 2 heterocycles. The Hall–Kier alpha value is -2.30. The molecule has 0 fully saturated rings. The van der Waals surface area contributed by atoms with Crippen molar-refractivity contribution in [1.82, 2.24) is 14.9 Å². The van der Waals surface area contributed by atoms with Crippen molar-refractivity contribution in [1.29, 1.82) is 0 Å². The average Bonchev–Trinajstić information content (AvgIpc) is 2.73. The topological polar surface area (TPSA) is 90.3 Å². The van der Waals surface area contributed by atoms with Crippen molar-refractivity contribution in [3.05, 3.63) is 24.0 Å². The van der Waals surface area contributed by atoms with Gasteiger partial charge in [-0.05, 0) is 18.1 Å². The summed E-state index contributed by atoms with van der Waals surface area (Å²) >= 11 is 0. The number of amides is 1. The summed E-state index contributed by atoms with van der Waals surface area (Å²) in [4.78, 5) is 14.8. The third kappa shape index (κ3) is 3.78. The van der Waals surface area contributed by atoms with Gasteiger partial charge in [0.15, 0.2) is 5.75 Å². The molecule has 11 heteroatoms. The van der Waals surface area contributed by atoms with Crippen LogP contribution in [0, 0.1) is 0 Å². The van der Waals surface area contributed by atoms with Gasteiger partial charge in [0.25, 0.3) is 0 Å². The van der Waals surface area contributed by atoms with Crippen LogP contribution in [0.4, 0.5) is 13.2 Å². The highest BCUT2D eigenvalue weighted by atomic mass is 32.2. The highest BCUT2D eigenvalue weighted by molar-refractivity contribution is 7.88. The van der Waals surface area contributed by atoms with E-state index in [-0.39, 0.29) is 5.91 Å². The largest absolute Gasteiger partial charge is 0.534 e. The number of alkyl halides is 3. The van der Waals surface area contributed by atoms with Crippen molar-refractivity contribution in [3.63, 3.8) is 0 Å². The number of rotatable bonds is 5. The van der Waals surface area contributed by atoms with Crippen molar-refractivity contribution < 1.29 is 30.6 Å². The molecule has 0 atom stereocenters. The molecule has 0 spiro atoms. The second kappa shape index (κ2) is 6.30. The van der Waals surface area contributed by atoms with Crippen LogP contribution in [-0.4, -0.2) is 35.9 Å². The first-order chi connectivity index (χ1) is 11.0. The van der Waals surface area contributed by atoms with Crippen LogP contribution in [0.3, 0.4) is 0 Å². The third-order valence-electron chi connectivity index (χ3n) is 3.13. The Morgan fingerprint density at radius 2 is 2.08 bits per heavy atom. The molecule has 1 amide bonds. The van der Waals surface area contributed by atoms with Gasteiger partial charge in [0.2, 0.25) is 5.91 Å². The summed E-state index contributed by atoms with van der Waals surface area (Å²) in [6, 6.07) is 1.18. The maximum atomic E-state index is 12.4. The smallest absolute Gasteiger partial charge is 0.374 e. The predicted molar refractivity (Wildman–Crippen MR) is 78.7 cm³/mol. The van der Waals surface area contributed by atoms with Crippen LogP contribution in [0.5, 0.6) is 5.75 Å². The fourth-order valence-corrected chi connectivity index (χ4v) is 2.55. The van der Waals surface area contributed by atoms with Gasteiger partial charge in [0.1, 0.15) is 5.65 Å². The minimum absolute atomic E-state index is 0.214. The van der Waals surface area contributed by atoms with Gasteiger partial charge in [0, 0.05) is 32.1 Å². The minimum Gasteiger partial charge on any atom is -0.374 e. The van der Waals surface area contributed by atoms with Crippen LogP contribution in [0.1, 0.15) is 12.5 Å². The molecule has 2 aromatic rings. The van der Waals surface area contributed by atoms with Crippen molar-refractivity contribution in [2.24, 2.45) is 7.05 Å². The molecule has 0 aliphatic heterocycles. The van der Waals surface area contributed by atoms with E-state index in [9.17, 15) is 26.4 Å². The number of fused-ring (bicyclic) bond motifs is 1. The number of hydrogen-bond acceptors (Lipinski definition) is 5. The van der Waals surface area contributed by atoms with Crippen LogP contribution >= 0.6 is 0 Å². The molecule has 2 aromatic heterocycles. The first-order valence-corrected chi connectivity index (χ1v) is 8.11. The molecule has 132 valence electrons. The Morgan fingerprint density at radius 3 is 2.67 bits per heavy atom. The monoisotopic (exact) mass is 365 g/mol. The molecule has 2 rings (SSSR count). The van der Waals surface area contributed by atoms with Crippen molar-refractivity contribution in [2.45, 2.75) is 18.9 Å². The number of pyridine rings is 1. The first-order valence-electron chi connectivity index (χ1n) is 6.70. The van der Waals surface area contributed by atoms with Gasteiger partial charge in [-0.2, -0.15) is 21.6 Å². The van der Waals surface area contributed by atoms with E-state index in [1.54, 1.807) is 17.8 Å². The Kier molecular flexibility index (Phi) is 4.74. The number of carbonyl (C=O) groups excluding carboxylic acids is 1.